The highest BCUT2D eigenvalue weighted by Crippen LogP contribution is 2.31. The van der Waals surface area contributed by atoms with Gasteiger partial charge in [-0.25, -0.2) is 15.0 Å². The third-order valence-corrected chi connectivity index (χ3v) is 5.66. The SMILES string of the molecule is CC(=O)N1CCC(Nc2ccc(-c3cc(C)cc(Nc4cc(C(F)(F)F)ccn4)n3)cn2)CC1. The van der Waals surface area contributed by atoms with Gasteiger partial charge in [0.2, 0.25) is 5.91 Å². The van der Waals surface area contributed by atoms with E-state index in [9.17, 15) is 18.0 Å². The number of carbonyl (C=O) groups excluding carboxylic acids is 1. The highest BCUT2D eigenvalue weighted by molar-refractivity contribution is 5.73. The molecule has 0 unspecified atom stereocenters. The number of hydrogen-bond acceptors (Lipinski definition) is 6. The zero-order valence-corrected chi connectivity index (χ0v) is 18.9. The summed E-state index contributed by atoms with van der Waals surface area (Å²) in [5, 5.41) is 6.27. The molecule has 0 aliphatic carbocycles. The lowest BCUT2D eigenvalue weighted by molar-refractivity contribution is -0.137. The molecule has 3 aromatic rings. The summed E-state index contributed by atoms with van der Waals surface area (Å²) >= 11 is 0. The highest BCUT2D eigenvalue weighted by atomic mass is 19.4. The van der Waals surface area contributed by atoms with Crippen molar-refractivity contribution in [3.8, 4) is 11.3 Å². The number of piperidine rings is 1. The van der Waals surface area contributed by atoms with Crippen molar-refractivity contribution in [2.75, 3.05) is 23.7 Å². The number of hydrogen-bond donors (Lipinski definition) is 2. The standard InChI is InChI=1S/C24H25F3N6O/c1-15-11-20(31-23(12-15)32-22-13-18(5-8-28-22)24(25,26)27)17-3-4-21(29-14-17)30-19-6-9-33(10-7-19)16(2)34/h3-5,8,11-14,19H,6-7,9-10H2,1-2H3,(H,29,30)(H,28,31,32). The molecule has 0 bridgehead atoms. The van der Waals surface area contributed by atoms with E-state index >= 15 is 0 Å². The lowest BCUT2D eigenvalue weighted by Gasteiger charge is -2.31. The van der Waals surface area contributed by atoms with Gasteiger partial charge in [0, 0.05) is 44.0 Å². The fraction of sp³-hybridized carbons (Fsp3) is 0.333. The first-order valence-corrected chi connectivity index (χ1v) is 10.9. The van der Waals surface area contributed by atoms with Crippen LogP contribution in [-0.4, -0.2) is 44.9 Å². The third kappa shape index (κ3) is 5.81. The first-order chi connectivity index (χ1) is 16.2. The van der Waals surface area contributed by atoms with Crippen LogP contribution in [0.5, 0.6) is 0 Å². The van der Waals surface area contributed by atoms with Crippen LogP contribution in [-0.2, 0) is 11.0 Å². The Morgan fingerprint density at radius 1 is 1.03 bits per heavy atom. The van der Waals surface area contributed by atoms with Crippen LogP contribution in [0.25, 0.3) is 11.3 Å². The summed E-state index contributed by atoms with van der Waals surface area (Å²) in [5.74, 6) is 1.29. The van der Waals surface area contributed by atoms with Crippen LogP contribution in [0.2, 0.25) is 0 Å². The van der Waals surface area contributed by atoms with E-state index in [4.69, 9.17) is 0 Å². The minimum absolute atomic E-state index is 0.0624. The summed E-state index contributed by atoms with van der Waals surface area (Å²) in [6.07, 6.45) is 0.0983. The third-order valence-electron chi connectivity index (χ3n) is 5.66. The van der Waals surface area contributed by atoms with E-state index in [-0.39, 0.29) is 17.8 Å². The normalized spacial score (nSPS) is 14.7. The van der Waals surface area contributed by atoms with E-state index in [0.717, 1.165) is 61.2 Å². The summed E-state index contributed by atoms with van der Waals surface area (Å²) in [7, 11) is 0. The van der Waals surface area contributed by atoms with Gasteiger partial charge >= 0.3 is 6.18 Å². The van der Waals surface area contributed by atoms with Gasteiger partial charge in [-0.3, -0.25) is 4.79 Å². The van der Waals surface area contributed by atoms with E-state index in [1.54, 1.807) is 19.2 Å². The predicted molar refractivity (Wildman–Crippen MR) is 124 cm³/mol. The number of anilines is 3. The Morgan fingerprint density at radius 2 is 1.79 bits per heavy atom. The van der Waals surface area contributed by atoms with Gasteiger partial charge in [0.25, 0.3) is 0 Å². The number of amides is 1. The molecule has 4 rings (SSSR count). The second-order valence-electron chi connectivity index (χ2n) is 8.32. The molecule has 4 heterocycles. The Bertz CT molecular complexity index is 1160. The lowest BCUT2D eigenvalue weighted by Crippen LogP contribution is -2.41. The van der Waals surface area contributed by atoms with Crippen molar-refractivity contribution in [1.29, 1.82) is 0 Å². The van der Waals surface area contributed by atoms with Crippen molar-refractivity contribution in [2.45, 2.75) is 38.9 Å². The van der Waals surface area contributed by atoms with Crippen LogP contribution in [0.4, 0.5) is 30.6 Å². The Hall–Kier alpha value is -3.69. The minimum Gasteiger partial charge on any atom is -0.367 e. The van der Waals surface area contributed by atoms with Gasteiger partial charge in [-0.1, -0.05) is 0 Å². The van der Waals surface area contributed by atoms with E-state index in [1.807, 2.05) is 30.0 Å². The van der Waals surface area contributed by atoms with E-state index in [0.29, 0.717) is 11.5 Å². The minimum atomic E-state index is -4.45. The van der Waals surface area contributed by atoms with Crippen LogP contribution in [0.1, 0.15) is 30.9 Å². The largest absolute Gasteiger partial charge is 0.416 e. The summed E-state index contributed by atoms with van der Waals surface area (Å²) < 4.78 is 39.0. The molecule has 0 radical (unpaired) electrons. The van der Waals surface area contributed by atoms with Crippen LogP contribution in [0.3, 0.4) is 0 Å². The number of alkyl halides is 3. The number of carbonyl (C=O) groups is 1. The summed E-state index contributed by atoms with van der Waals surface area (Å²) in [6.45, 7) is 4.93. The van der Waals surface area contributed by atoms with E-state index < -0.39 is 11.7 Å². The van der Waals surface area contributed by atoms with Crippen LogP contribution < -0.4 is 10.6 Å². The molecule has 3 aromatic heterocycles. The van der Waals surface area contributed by atoms with Gasteiger partial charge in [0.1, 0.15) is 17.5 Å². The average molecular weight is 470 g/mol. The first kappa shape index (κ1) is 23.5. The van der Waals surface area contributed by atoms with Crippen molar-refractivity contribution in [2.24, 2.45) is 0 Å². The van der Waals surface area contributed by atoms with Gasteiger partial charge < -0.3 is 15.5 Å². The lowest BCUT2D eigenvalue weighted by atomic mass is 10.0. The maximum absolute atomic E-state index is 13.0. The second-order valence-corrected chi connectivity index (χ2v) is 8.32. The molecular weight excluding hydrogens is 445 g/mol. The Labute approximate surface area is 195 Å². The van der Waals surface area contributed by atoms with Crippen LogP contribution in [0, 0.1) is 6.92 Å². The number of rotatable bonds is 5. The van der Waals surface area contributed by atoms with Crippen LogP contribution in [0.15, 0.2) is 48.8 Å². The molecule has 178 valence electrons. The molecule has 0 saturated carbocycles. The van der Waals surface area contributed by atoms with Gasteiger partial charge in [0.15, 0.2) is 0 Å². The van der Waals surface area contributed by atoms with Gasteiger partial charge in [-0.05, 0) is 61.7 Å². The molecule has 10 heteroatoms. The summed E-state index contributed by atoms with van der Waals surface area (Å²) in [5.41, 5.74) is 1.53. The molecule has 1 aliphatic rings. The number of nitrogens with one attached hydrogen (secondary N) is 2. The van der Waals surface area contributed by atoms with E-state index in [1.165, 1.54) is 0 Å². The Morgan fingerprint density at radius 3 is 2.44 bits per heavy atom. The molecule has 1 fully saturated rings. The quantitative estimate of drug-likeness (QED) is 0.544. The number of nitrogens with zero attached hydrogens (tertiary/aromatic N) is 4. The first-order valence-electron chi connectivity index (χ1n) is 10.9. The molecular formula is C24H25F3N6O. The second kappa shape index (κ2) is 9.66. The Kier molecular flexibility index (Phi) is 6.67. The maximum Gasteiger partial charge on any atom is 0.416 e. The van der Waals surface area contributed by atoms with Crippen molar-refractivity contribution < 1.29 is 18.0 Å². The molecule has 1 aliphatic heterocycles. The van der Waals surface area contributed by atoms with Crippen molar-refractivity contribution in [3.05, 3.63) is 59.9 Å². The number of aromatic nitrogens is 3. The smallest absolute Gasteiger partial charge is 0.367 e. The van der Waals surface area contributed by atoms with E-state index in [2.05, 4.69) is 25.6 Å². The fourth-order valence-electron chi connectivity index (χ4n) is 3.86. The zero-order chi connectivity index (χ0) is 24.3. The average Bonchev–Trinajstić information content (AvgIpc) is 2.79. The van der Waals surface area contributed by atoms with Crippen molar-refractivity contribution in [3.63, 3.8) is 0 Å². The highest BCUT2D eigenvalue weighted by Gasteiger charge is 2.30. The maximum atomic E-state index is 13.0. The van der Waals surface area contributed by atoms with Crippen LogP contribution >= 0.6 is 0 Å². The summed E-state index contributed by atoms with van der Waals surface area (Å²) in [4.78, 5) is 26.3. The molecule has 7 nitrogen and oxygen atoms in total. The predicted octanol–water partition coefficient (Wildman–Crippen LogP) is 5.03. The van der Waals surface area contributed by atoms with Gasteiger partial charge in [0.05, 0.1) is 11.3 Å². The topological polar surface area (TPSA) is 83.0 Å². The molecule has 0 spiro atoms. The molecule has 1 amide bonds. The molecule has 0 atom stereocenters. The number of aryl methyl sites for hydroxylation is 1. The number of halogens is 3. The number of pyridine rings is 3. The number of likely N-dealkylation sites (tertiary alicyclic amines) is 1. The van der Waals surface area contributed by atoms with Gasteiger partial charge in [-0.15, -0.1) is 0 Å². The molecule has 2 N–H and O–H groups in total. The molecule has 34 heavy (non-hydrogen) atoms. The monoisotopic (exact) mass is 470 g/mol. The summed E-state index contributed by atoms with van der Waals surface area (Å²) in [6, 6.07) is 9.52. The zero-order valence-electron chi connectivity index (χ0n) is 18.9. The van der Waals surface area contributed by atoms with Gasteiger partial charge in [-0.2, -0.15) is 13.2 Å². The van der Waals surface area contributed by atoms with Crippen molar-refractivity contribution >= 4 is 23.4 Å². The van der Waals surface area contributed by atoms with Crippen molar-refractivity contribution in [1.82, 2.24) is 19.9 Å². The Balaban J connectivity index is 1.45. The molecule has 0 aromatic carbocycles. The fourth-order valence-corrected chi connectivity index (χ4v) is 3.86. The molecule has 1 saturated heterocycles.